The largest absolute Gasteiger partial charge is 0.282 e. The summed E-state index contributed by atoms with van der Waals surface area (Å²) in [5.74, 6) is 0. The van der Waals surface area contributed by atoms with Gasteiger partial charge in [-0.15, -0.1) is 0 Å². The van der Waals surface area contributed by atoms with E-state index in [9.17, 15) is 10.1 Å². The van der Waals surface area contributed by atoms with E-state index in [0.717, 1.165) is 5.56 Å². The van der Waals surface area contributed by atoms with Crippen molar-refractivity contribution in [3.8, 4) is 0 Å². The molecular weight excluding hydrogens is 230 g/mol. The number of halogens is 1. The van der Waals surface area contributed by atoms with Crippen LogP contribution in [0.4, 0.5) is 0 Å². The molecule has 0 radical (unpaired) electrons. The van der Waals surface area contributed by atoms with Gasteiger partial charge in [0, 0.05) is 11.1 Å². The standard InChI is InChI=1S/C10H12ClN3O2/c1-2-9(7-14(15)16)12-5-8-3-4-10(11)13-6-8/h3-4,6H,2,5,7H2,1H3. The Morgan fingerprint density at radius 1 is 1.62 bits per heavy atom. The van der Waals surface area contributed by atoms with Gasteiger partial charge in [0.25, 0.3) is 0 Å². The van der Waals surface area contributed by atoms with Gasteiger partial charge in [0.15, 0.2) is 0 Å². The molecule has 0 spiro atoms. The monoisotopic (exact) mass is 241 g/mol. The van der Waals surface area contributed by atoms with E-state index in [2.05, 4.69) is 9.98 Å². The Kier molecular flexibility index (Phi) is 4.85. The second-order valence-corrected chi connectivity index (χ2v) is 3.60. The highest BCUT2D eigenvalue weighted by molar-refractivity contribution is 6.29. The van der Waals surface area contributed by atoms with Crippen LogP contribution >= 0.6 is 11.6 Å². The summed E-state index contributed by atoms with van der Waals surface area (Å²) in [6, 6.07) is 3.48. The van der Waals surface area contributed by atoms with Gasteiger partial charge in [-0.3, -0.25) is 15.1 Å². The van der Waals surface area contributed by atoms with Crippen LogP contribution in [0.25, 0.3) is 0 Å². The Bertz CT molecular complexity index is 390. The summed E-state index contributed by atoms with van der Waals surface area (Å²) >= 11 is 5.63. The maximum atomic E-state index is 10.3. The lowest BCUT2D eigenvalue weighted by Crippen LogP contribution is -2.13. The van der Waals surface area contributed by atoms with Crippen LogP contribution in [0.3, 0.4) is 0 Å². The first-order chi connectivity index (χ1) is 7.61. The normalized spacial score (nSPS) is 11.5. The number of nitro groups is 1. The average molecular weight is 242 g/mol. The summed E-state index contributed by atoms with van der Waals surface area (Å²) in [4.78, 5) is 18.0. The molecule has 1 rings (SSSR count). The van der Waals surface area contributed by atoms with Crippen LogP contribution in [-0.2, 0) is 6.54 Å². The van der Waals surface area contributed by atoms with Crippen LogP contribution in [0.1, 0.15) is 18.9 Å². The smallest absolute Gasteiger partial charge is 0.241 e. The van der Waals surface area contributed by atoms with E-state index in [1.54, 1.807) is 18.3 Å². The molecule has 5 nitrogen and oxygen atoms in total. The molecule has 0 aliphatic heterocycles. The highest BCUT2D eigenvalue weighted by Crippen LogP contribution is 2.06. The third-order valence-corrected chi connectivity index (χ3v) is 2.22. The van der Waals surface area contributed by atoms with Crippen molar-refractivity contribution in [2.45, 2.75) is 19.9 Å². The molecule has 0 N–H and O–H groups in total. The first-order valence-corrected chi connectivity index (χ1v) is 5.24. The van der Waals surface area contributed by atoms with E-state index < -0.39 is 0 Å². The van der Waals surface area contributed by atoms with Crippen molar-refractivity contribution in [1.29, 1.82) is 0 Å². The zero-order valence-electron chi connectivity index (χ0n) is 8.89. The van der Waals surface area contributed by atoms with Crippen molar-refractivity contribution in [1.82, 2.24) is 4.98 Å². The van der Waals surface area contributed by atoms with E-state index in [-0.39, 0.29) is 11.5 Å². The molecule has 0 saturated heterocycles. The number of pyridine rings is 1. The quantitative estimate of drug-likeness (QED) is 0.344. The molecule has 0 fully saturated rings. The molecule has 1 aromatic rings. The van der Waals surface area contributed by atoms with Gasteiger partial charge >= 0.3 is 0 Å². The molecule has 0 amide bonds. The fourth-order valence-corrected chi connectivity index (χ4v) is 1.24. The SMILES string of the molecule is CCC(C[N+](=O)[O-])=NCc1ccc(Cl)nc1. The third-order valence-electron chi connectivity index (χ3n) is 1.99. The van der Waals surface area contributed by atoms with Gasteiger partial charge in [-0.1, -0.05) is 24.6 Å². The van der Waals surface area contributed by atoms with Crippen LogP contribution in [-0.4, -0.2) is 22.2 Å². The van der Waals surface area contributed by atoms with Crippen LogP contribution in [0.2, 0.25) is 5.15 Å². The predicted octanol–water partition coefficient (Wildman–Crippen LogP) is 2.36. The van der Waals surface area contributed by atoms with Crippen molar-refractivity contribution in [2.24, 2.45) is 4.99 Å². The van der Waals surface area contributed by atoms with Crippen molar-refractivity contribution in [2.75, 3.05) is 6.54 Å². The van der Waals surface area contributed by atoms with Crippen LogP contribution < -0.4 is 0 Å². The van der Waals surface area contributed by atoms with Crippen LogP contribution in [0.15, 0.2) is 23.3 Å². The maximum absolute atomic E-state index is 10.3. The number of nitrogens with zero attached hydrogens (tertiary/aromatic N) is 3. The summed E-state index contributed by atoms with van der Waals surface area (Å²) in [6.45, 7) is 2.06. The second kappa shape index (κ2) is 6.17. The molecule has 0 atom stereocenters. The maximum Gasteiger partial charge on any atom is 0.241 e. The van der Waals surface area contributed by atoms with Gasteiger partial charge in [0.05, 0.1) is 12.3 Å². The van der Waals surface area contributed by atoms with Gasteiger partial charge in [-0.2, -0.15) is 0 Å². The predicted molar refractivity (Wildman–Crippen MR) is 62.5 cm³/mol. The minimum Gasteiger partial charge on any atom is -0.282 e. The fraction of sp³-hybridized carbons (Fsp3) is 0.400. The molecule has 86 valence electrons. The highest BCUT2D eigenvalue weighted by Gasteiger charge is 2.04. The van der Waals surface area contributed by atoms with Gasteiger partial charge in [0.2, 0.25) is 6.54 Å². The molecule has 0 unspecified atom stereocenters. The topological polar surface area (TPSA) is 68.4 Å². The van der Waals surface area contributed by atoms with Crippen molar-refractivity contribution in [3.05, 3.63) is 39.2 Å². The van der Waals surface area contributed by atoms with E-state index in [4.69, 9.17) is 11.6 Å². The molecule has 0 aliphatic carbocycles. The molecule has 0 aromatic carbocycles. The summed E-state index contributed by atoms with van der Waals surface area (Å²) in [5, 5.41) is 10.7. The average Bonchev–Trinajstić information content (AvgIpc) is 2.26. The van der Waals surface area contributed by atoms with E-state index in [0.29, 0.717) is 23.8 Å². The number of hydrogen-bond acceptors (Lipinski definition) is 4. The summed E-state index contributed by atoms with van der Waals surface area (Å²) in [6.07, 6.45) is 2.20. The molecule has 0 saturated carbocycles. The Balaban J connectivity index is 2.62. The van der Waals surface area contributed by atoms with Crippen molar-refractivity contribution >= 4 is 17.3 Å². The Morgan fingerprint density at radius 2 is 2.38 bits per heavy atom. The van der Waals surface area contributed by atoms with E-state index in [1.807, 2.05) is 6.92 Å². The van der Waals surface area contributed by atoms with Gasteiger partial charge in [0.1, 0.15) is 5.15 Å². The molecule has 1 heterocycles. The zero-order chi connectivity index (χ0) is 12.0. The molecule has 0 bridgehead atoms. The number of rotatable bonds is 5. The lowest BCUT2D eigenvalue weighted by Gasteiger charge is -1.99. The zero-order valence-corrected chi connectivity index (χ0v) is 9.65. The lowest BCUT2D eigenvalue weighted by molar-refractivity contribution is -0.463. The van der Waals surface area contributed by atoms with Crippen LogP contribution in [0, 0.1) is 10.1 Å². The molecule has 1 aromatic heterocycles. The van der Waals surface area contributed by atoms with Crippen molar-refractivity contribution in [3.63, 3.8) is 0 Å². The Morgan fingerprint density at radius 3 is 2.88 bits per heavy atom. The van der Waals surface area contributed by atoms with Gasteiger partial charge < -0.3 is 0 Å². The summed E-state index contributed by atoms with van der Waals surface area (Å²) in [5.41, 5.74) is 1.47. The summed E-state index contributed by atoms with van der Waals surface area (Å²) < 4.78 is 0. The third kappa shape index (κ3) is 4.35. The fourth-order valence-electron chi connectivity index (χ4n) is 1.13. The minimum atomic E-state index is -0.373. The first kappa shape index (κ1) is 12.6. The Labute approximate surface area is 98.3 Å². The molecule has 0 aliphatic rings. The molecule has 6 heteroatoms. The lowest BCUT2D eigenvalue weighted by atomic mass is 10.2. The minimum absolute atomic E-state index is 0.197. The van der Waals surface area contributed by atoms with E-state index in [1.165, 1.54) is 0 Å². The molecule has 16 heavy (non-hydrogen) atoms. The van der Waals surface area contributed by atoms with E-state index >= 15 is 0 Å². The number of aliphatic imine (C=N–C) groups is 1. The van der Waals surface area contributed by atoms with Crippen LogP contribution in [0.5, 0.6) is 0 Å². The Hall–Kier alpha value is -1.49. The molecular formula is C10H12ClN3O2. The highest BCUT2D eigenvalue weighted by atomic mass is 35.5. The first-order valence-electron chi connectivity index (χ1n) is 4.86. The number of aromatic nitrogens is 1. The van der Waals surface area contributed by atoms with Gasteiger partial charge in [-0.05, 0) is 18.1 Å². The van der Waals surface area contributed by atoms with Crippen molar-refractivity contribution < 1.29 is 4.92 Å². The number of hydrogen-bond donors (Lipinski definition) is 0. The van der Waals surface area contributed by atoms with Gasteiger partial charge in [-0.25, -0.2) is 4.98 Å². The summed E-state index contributed by atoms with van der Waals surface area (Å²) in [7, 11) is 0. The second-order valence-electron chi connectivity index (χ2n) is 3.22.